The highest BCUT2D eigenvalue weighted by molar-refractivity contribution is 5.83. The SMILES string of the molecule is Oc1ccc(-c2ccccc2-c2nc3ccccc3o2)cc1. The Morgan fingerprint density at radius 2 is 1.41 bits per heavy atom. The maximum atomic E-state index is 9.45. The van der Waals surface area contributed by atoms with E-state index >= 15 is 0 Å². The topological polar surface area (TPSA) is 46.3 Å². The average molecular weight is 287 g/mol. The molecular formula is C19H13NO2. The predicted octanol–water partition coefficient (Wildman–Crippen LogP) is 4.87. The third kappa shape index (κ3) is 2.13. The third-order valence-electron chi connectivity index (χ3n) is 3.63. The number of rotatable bonds is 2. The van der Waals surface area contributed by atoms with Crippen LogP contribution in [-0.4, -0.2) is 10.1 Å². The number of phenols is 1. The normalized spacial score (nSPS) is 10.9. The minimum Gasteiger partial charge on any atom is -0.508 e. The van der Waals surface area contributed by atoms with Crippen molar-refractivity contribution < 1.29 is 9.52 Å². The fraction of sp³-hybridized carbons (Fsp3) is 0. The van der Waals surface area contributed by atoms with Crippen LogP contribution in [0, 0.1) is 0 Å². The molecular weight excluding hydrogens is 274 g/mol. The molecule has 3 aromatic carbocycles. The van der Waals surface area contributed by atoms with Crippen LogP contribution in [0.25, 0.3) is 33.7 Å². The zero-order valence-corrected chi connectivity index (χ0v) is 11.7. The summed E-state index contributed by atoms with van der Waals surface area (Å²) in [5.41, 5.74) is 4.59. The lowest BCUT2D eigenvalue weighted by Gasteiger charge is -2.06. The highest BCUT2D eigenvalue weighted by atomic mass is 16.3. The summed E-state index contributed by atoms with van der Waals surface area (Å²) in [5.74, 6) is 0.855. The van der Waals surface area contributed by atoms with Crippen molar-refractivity contribution in [3.63, 3.8) is 0 Å². The Bertz CT molecular complexity index is 906. The smallest absolute Gasteiger partial charge is 0.227 e. The average Bonchev–Trinajstić information content (AvgIpc) is 2.99. The van der Waals surface area contributed by atoms with E-state index in [9.17, 15) is 5.11 Å². The van der Waals surface area contributed by atoms with Crippen LogP contribution in [0.5, 0.6) is 5.75 Å². The molecule has 0 radical (unpaired) electrons. The molecule has 4 rings (SSSR count). The van der Waals surface area contributed by atoms with Crippen molar-refractivity contribution in [2.45, 2.75) is 0 Å². The Morgan fingerprint density at radius 1 is 0.727 bits per heavy atom. The van der Waals surface area contributed by atoms with Crippen molar-refractivity contribution >= 4 is 11.1 Å². The van der Waals surface area contributed by atoms with E-state index in [4.69, 9.17) is 4.42 Å². The second-order valence-corrected chi connectivity index (χ2v) is 5.08. The van der Waals surface area contributed by atoms with Gasteiger partial charge in [0, 0.05) is 5.56 Å². The zero-order valence-electron chi connectivity index (χ0n) is 11.7. The molecule has 0 atom stereocenters. The number of para-hydroxylation sites is 2. The summed E-state index contributed by atoms with van der Waals surface area (Å²) < 4.78 is 5.88. The van der Waals surface area contributed by atoms with Crippen LogP contribution in [0.15, 0.2) is 77.2 Å². The molecule has 1 heterocycles. The first-order valence-corrected chi connectivity index (χ1v) is 7.06. The Labute approximate surface area is 127 Å². The van der Waals surface area contributed by atoms with Gasteiger partial charge in [0.2, 0.25) is 5.89 Å². The molecule has 0 fully saturated rings. The van der Waals surface area contributed by atoms with E-state index in [1.807, 2.05) is 60.7 Å². The Balaban J connectivity index is 1.90. The number of aromatic hydroxyl groups is 1. The molecule has 0 spiro atoms. The summed E-state index contributed by atoms with van der Waals surface area (Å²) in [5, 5.41) is 9.45. The van der Waals surface area contributed by atoms with Crippen molar-refractivity contribution in [3.8, 4) is 28.3 Å². The molecule has 3 heteroatoms. The lowest BCUT2D eigenvalue weighted by Crippen LogP contribution is -1.84. The van der Waals surface area contributed by atoms with Crippen LogP contribution in [0.2, 0.25) is 0 Å². The second-order valence-electron chi connectivity index (χ2n) is 5.08. The van der Waals surface area contributed by atoms with Crippen LogP contribution in [0.3, 0.4) is 0 Å². The number of phenolic OH excluding ortho intramolecular Hbond substituents is 1. The number of hydrogen-bond donors (Lipinski definition) is 1. The van der Waals surface area contributed by atoms with Gasteiger partial charge in [-0.2, -0.15) is 0 Å². The van der Waals surface area contributed by atoms with E-state index in [2.05, 4.69) is 4.98 Å². The number of benzene rings is 3. The molecule has 22 heavy (non-hydrogen) atoms. The van der Waals surface area contributed by atoms with Crippen molar-refractivity contribution in [3.05, 3.63) is 72.8 Å². The monoisotopic (exact) mass is 287 g/mol. The fourth-order valence-corrected chi connectivity index (χ4v) is 2.55. The molecule has 0 aliphatic heterocycles. The summed E-state index contributed by atoms with van der Waals surface area (Å²) in [7, 11) is 0. The first kappa shape index (κ1) is 12.7. The van der Waals surface area contributed by atoms with Gasteiger partial charge in [-0.05, 0) is 41.5 Å². The van der Waals surface area contributed by atoms with Gasteiger partial charge >= 0.3 is 0 Å². The van der Waals surface area contributed by atoms with Gasteiger partial charge in [0.25, 0.3) is 0 Å². The van der Waals surface area contributed by atoms with Crippen molar-refractivity contribution in [2.75, 3.05) is 0 Å². The van der Waals surface area contributed by atoms with Gasteiger partial charge in [-0.15, -0.1) is 0 Å². The molecule has 0 bridgehead atoms. The minimum absolute atomic E-state index is 0.253. The molecule has 0 aliphatic rings. The van der Waals surface area contributed by atoms with Gasteiger partial charge in [0.05, 0.1) is 0 Å². The van der Waals surface area contributed by atoms with E-state index in [1.54, 1.807) is 12.1 Å². The van der Waals surface area contributed by atoms with Crippen molar-refractivity contribution in [2.24, 2.45) is 0 Å². The lowest BCUT2D eigenvalue weighted by atomic mass is 9.99. The van der Waals surface area contributed by atoms with Crippen LogP contribution in [0.4, 0.5) is 0 Å². The fourth-order valence-electron chi connectivity index (χ4n) is 2.55. The minimum atomic E-state index is 0.253. The van der Waals surface area contributed by atoms with E-state index in [1.165, 1.54) is 0 Å². The predicted molar refractivity (Wildman–Crippen MR) is 86.5 cm³/mol. The van der Waals surface area contributed by atoms with Crippen molar-refractivity contribution in [1.82, 2.24) is 4.98 Å². The van der Waals surface area contributed by atoms with Gasteiger partial charge in [-0.1, -0.05) is 42.5 Å². The molecule has 1 N–H and O–H groups in total. The second kappa shape index (κ2) is 5.04. The van der Waals surface area contributed by atoms with E-state index in [0.717, 1.165) is 27.8 Å². The Morgan fingerprint density at radius 3 is 2.18 bits per heavy atom. The molecule has 4 aromatic rings. The van der Waals surface area contributed by atoms with Gasteiger partial charge in [-0.3, -0.25) is 0 Å². The van der Waals surface area contributed by atoms with Gasteiger partial charge in [0.1, 0.15) is 11.3 Å². The lowest BCUT2D eigenvalue weighted by molar-refractivity contribution is 0.475. The summed E-state index contributed by atoms with van der Waals surface area (Å²) in [4.78, 5) is 4.57. The maximum absolute atomic E-state index is 9.45. The summed E-state index contributed by atoms with van der Waals surface area (Å²) in [6.07, 6.45) is 0. The molecule has 0 aliphatic carbocycles. The van der Waals surface area contributed by atoms with E-state index in [0.29, 0.717) is 5.89 Å². The van der Waals surface area contributed by atoms with Crippen LogP contribution in [0.1, 0.15) is 0 Å². The number of oxazole rings is 1. The zero-order chi connectivity index (χ0) is 14.9. The third-order valence-corrected chi connectivity index (χ3v) is 3.63. The van der Waals surface area contributed by atoms with E-state index < -0.39 is 0 Å². The molecule has 106 valence electrons. The van der Waals surface area contributed by atoms with E-state index in [-0.39, 0.29) is 5.75 Å². The number of nitrogens with zero attached hydrogens (tertiary/aromatic N) is 1. The van der Waals surface area contributed by atoms with Crippen LogP contribution in [-0.2, 0) is 0 Å². The molecule has 0 amide bonds. The molecule has 0 saturated heterocycles. The molecule has 0 unspecified atom stereocenters. The quantitative estimate of drug-likeness (QED) is 0.572. The molecule has 0 saturated carbocycles. The highest BCUT2D eigenvalue weighted by Gasteiger charge is 2.12. The van der Waals surface area contributed by atoms with Crippen molar-refractivity contribution in [1.29, 1.82) is 0 Å². The van der Waals surface area contributed by atoms with Gasteiger partial charge in [-0.25, -0.2) is 4.98 Å². The summed E-state index contributed by atoms with van der Waals surface area (Å²) in [6, 6.07) is 22.8. The number of aromatic nitrogens is 1. The van der Waals surface area contributed by atoms with Gasteiger partial charge in [0.15, 0.2) is 5.58 Å². The van der Waals surface area contributed by atoms with Gasteiger partial charge < -0.3 is 9.52 Å². The highest BCUT2D eigenvalue weighted by Crippen LogP contribution is 2.33. The summed E-state index contributed by atoms with van der Waals surface area (Å²) in [6.45, 7) is 0. The molecule has 3 nitrogen and oxygen atoms in total. The maximum Gasteiger partial charge on any atom is 0.227 e. The number of fused-ring (bicyclic) bond motifs is 1. The number of hydrogen-bond acceptors (Lipinski definition) is 3. The largest absolute Gasteiger partial charge is 0.508 e. The first-order valence-electron chi connectivity index (χ1n) is 7.06. The Hall–Kier alpha value is -3.07. The summed E-state index contributed by atoms with van der Waals surface area (Å²) >= 11 is 0. The Kier molecular flexibility index (Phi) is 2.90. The van der Waals surface area contributed by atoms with Crippen LogP contribution < -0.4 is 0 Å². The van der Waals surface area contributed by atoms with Crippen LogP contribution >= 0.6 is 0 Å². The first-order chi connectivity index (χ1) is 10.8. The standard InChI is InChI=1S/C19H13NO2/c21-14-11-9-13(10-12-14)15-5-1-2-6-16(15)19-20-17-7-3-4-8-18(17)22-19/h1-12,21H. The molecule has 1 aromatic heterocycles.